The Morgan fingerprint density at radius 2 is 2.05 bits per heavy atom. The molecule has 0 bridgehead atoms. The van der Waals surface area contributed by atoms with Crippen molar-refractivity contribution in [2.24, 2.45) is 0 Å². The van der Waals surface area contributed by atoms with Gasteiger partial charge < -0.3 is 5.32 Å². The average Bonchev–Trinajstić information content (AvgIpc) is 2.41. The molecule has 1 heterocycles. The van der Waals surface area contributed by atoms with Gasteiger partial charge in [-0.3, -0.25) is 4.79 Å². The lowest BCUT2D eigenvalue weighted by Gasteiger charge is -2.04. The molecule has 0 fully saturated rings. The van der Waals surface area contributed by atoms with E-state index in [-0.39, 0.29) is 5.91 Å². The van der Waals surface area contributed by atoms with Gasteiger partial charge in [-0.1, -0.05) is 35.7 Å². The van der Waals surface area contributed by atoms with E-state index in [0.717, 1.165) is 11.1 Å². The van der Waals surface area contributed by atoms with Crippen LogP contribution >= 0.6 is 11.6 Å². The number of hydrogen-bond donors (Lipinski definition) is 1. The molecule has 1 aromatic heterocycles. The summed E-state index contributed by atoms with van der Waals surface area (Å²) in [6.45, 7) is 1.84. The first kappa shape index (κ1) is 13.1. The average molecular weight is 271 g/mol. The van der Waals surface area contributed by atoms with E-state index in [2.05, 4.69) is 22.1 Å². The van der Waals surface area contributed by atoms with E-state index in [1.54, 1.807) is 6.07 Å². The first-order valence-electron chi connectivity index (χ1n) is 5.65. The number of benzene rings is 1. The van der Waals surface area contributed by atoms with Gasteiger partial charge in [-0.05, 0) is 30.7 Å². The number of nitrogens with one attached hydrogen (secondary N) is 1. The molecule has 0 saturated carbocycles. The Bertz CT molecular complexity index is 657. The molecular weight excluding hydrogens is 260 g/mol. The summed E-state index contributed by atoms with van der Waals surface area (Å²) >= 11 is 5.74. The minimum atomic E-state index is -0.379. The molecule has 0 unspecified atom stereocenters. The summed E-state index contributed by atoms with van der Waals surface area (Å²) in [5, 5.41) is 3.07. The number of halogens is 1. The van der Waals surface area contributed by atoms with Gasteiger partial charge in [0.05, 0.1) is 11.9 Å². The lowest BCUT2D eigenvalue weighted by Crippen LogP contribution is -2.10. The number of amides is 1. The SMILES string of the molecule is Cc1cc(Cl)ncc1NC(=O)C#Cc1ccccc1. The number of nitrogens with zero attached hydrogens (tertiary/aromatic N) is 1. The smallest absolute Gasteiger partial charge is 0.300 e. The maximum Gasteiger partial charge on any atom is 0.300 e. The van der Waals surface area contributed by atoms with Gasteiger partial charge in [0.2, 0.25) is 0 Å². The Labute approximate surface area is 116 Å². The molecule has 0 aliphatic rings. The molecule has 4 heteroatoms. The number of hydrogen-bond acceptors (Lipinski definition) is 2. The highest BCUT2D eigenvalue weighted by molar-refractivity contribution is 6.29. The van der Waals surface area contributed by atoms with Gasteiger partial charge >= 0.3 is 5.91 Å². The van der Waals surface area contributed by atoms with Crippen LogP contribution in [0.15, 0.2) is 42.6 Å². The van der Waals surface area contributed by atoms with Crippen LogP contribution in [0.2, 0.25) is 5.15 Å². The largest absolute Gasteiger partial charge is 0.313 e. The fourth-order valence-electron chi connectivity index (χ4n) is 1.46. The van der Waals surface area contributed by atoms with Gasteiger partial charge in [0.25, 0.3) is 0 Å². The van der Waals surface area contributed by atoms with E-state index >= 15 is 0 Å². The summed E-state index contributed by atoms with van der Waals surface area (Å²) < 4.78 is 0. The van der Waals surface area contributed by atoms with Crippen LogP contribution in [0.4, 0.5) is 5.69 Å². The molecule has 2 rings (SSSR count). The van der Waals surface area contributed by atoms with Gasteiger partial charge in [0.1, 0.15) is 5.15 Å². The van der Waals surface area contributed by atoms with E-state index < -0.39 is 0 Å². The zero-order valence-corrected chi connectivity index (χ0v) is 11.0. The van der Waals surface area contributed by atoms with E-state index in [1.807, 2.05) is 37.3 Å². The van der Waals surface area contributed by atoms with Gasteiger partial charge in [-0.25, -0.2) is 4.98 Å². The number of pyridine rings is 1. The molecule has 0 aliphatic heterocycles. The summed E-state index contributed by atoms with van der Waals surface area (Å²) in [5.74, 6) is 4.94. The van der Waals surface area contributed by atoms with Gasteiger partial charge in [-0.2, -0.15) is 0 Å². The Morgan fingerprint density at radius 3 is 2.74 bits per heavy atom. The zero-order valence-electron chi connectivity index (χ0n) is 10.3. The third kappa shape index (κ3) is 3.84. The Morgan fingerprint density at radius 1 is 1.32 bits per heavy atom. The second-order valence-electron chi connectivity index (χ2n) is 3.89. The van der Waals surface area contributed by atoms with Crippen LogP contribution in [0.25, 0.3) is 0 Å². The summed E-state index contributed by atoms with van der Waals surface area (Å²) in [4.78, 5) is 15.6. The third-order valence-electron chi connectivity index (χ3n) is 2.42. The van der Waals surface area contributed by atoms with Crippen LogP contribution in [0.3, 0.4) is 0 Å². The summed E-state index contributed by atoms with van der Waals surface area (Å²) in [7, 11) is 0. The van der Waals surface area contributed by atoms with Crippen LogP contribution in [-0.2, 0) is 4.79 Å². The quantitative estimate of drug-likeness (QED) is 0.639. The molecule has 1 N–H and O–H groups in total. The normalized spacial score (nSPS) is 9.37. The van der Waals surface area contributed by atoms with Crippen molar-refractivity contribution in [3.8, 4) is 11.8 Å². The Hall–Kier alpha value is -2.31. The highest BCUT2D eigenvalue weighted by atomic mass is 35.5. The number of carbonyl (C=O) groups is 1. The molecule has 0 saturated heterocycles. The van der Waals surface area contributed by atoms with Crippen molar-refractivity contribution >= 4 is 23.2 Å². The van der Waals surface area contributed by atoms with Crippen LogP contribution in [0.1, 0.15) is 11.1 Å². The van der Waals surface area contributed by atoms with Crippen LogP contribution < -0.4 is 5.32 Å². The topological polar surface area (TPSA) is 42.0 Å². The lowest BCUT2D eigenvalue weighted by molar-refractivity contribution is -0.111. The fourth-order valence-corrected chi connectivity index (χ4v) is 1.67. The molecule has 0 atom stereocenters. The van der Waals surface area contributed by atoms with E-state index in [9.17, 15) is 4.79 Å². The first-order valence-corrected chi connectivity index (χ1v) is 6.03. The highest BCUT2D eigenvalue weighted by Crippen LogP contribution is 2.16. The number of rotatable bonds is 1. The molecule has 3 nitrogen and oxygen atoms in total. The van der Waals surface area contributed by atoms with Crippen molar-refractivity contribution in [3.05, 3.63) is 58.9 Å². The van der Waals surface area contributed by atoms with Crippen molar-refractivity contribution in [2.75, 3.05) is 5.32 Å². The summed E-state index contributed by atoms with van der Waals surface area (Å²) in [5.41, 5.74) is 2.25. The molecule has 0 radical (unpaired) electrons. The van der Waals surface area contributed by atoms with Crippen LogP contribution in [0.5, 0.6) is 0 Å². The number of aromatic nitrogens is 1. The van der Waals surface area contributed by atoms with Crippen molar-refractivity contribution in [1.29, 1.82) is 0 Å². The van der Waals surface area contributed by atoms with Crippen molar-refractivity contribution in [3.63, 3.8) is 0 Å². The fraction of sp³-hybridized carbons (Fsp3) is 0.0667. The van der Waals surface area contributed by atoms with E-state index in [4.69, 9.17) is 11.6 Å². The predicted octanol–water partition coefficient (Wildman–Crippen LogP) is 3.03. The van der Waals surface area contributed by atoms with Crippen molar-refractivity contribution in [2.45, 2.75) is 6.92 Å². The van der Waals surface area contributed by atoms with Gasteiger partial charge in [0.15, 0.2) is 0 Å². The second kappa shape index (κ2) is 6.03. The summed E-state index contributed by atoms with van der Waals surface area (Å²) in [6.07, 6.45) is 1.51. The minimum Gasteiger partial charge on any atom is -0.313 e. The maximum atomic E-state index is 11.7. The van der Waals surface area contributed by atoms with Crippen molar-refractivity contribution in [1.82, 2.24) is 4.98 Å². The molecular formula is C15H11ClN2O. The molecule has 2 aromatic rings. The second-order valence-corrected chi connectivity index (χ2v) is 4.28. The lowest BCUT2D eigenvalue weighted by atomic mass is 10.2. The minimum absolute atomic E-state index is 0.379. The molecule has 0 aliphatic carbocycles. The number of carbonyl (C=O) groups excluding carboxylic acids is 1. The predicted molar refractivity (Wildman–Crippen MR) is 75.9 cm³/mol. The monoisotopic (exact) mass is 270 g/mol. The van der Waals surface area contributed by atoms with Gasteiger partial charge in [-0.15, -0.1) is 0 Å². The van der Waals surface area contributed by atoms with Crippen LogP contribution in [0, 0.1) is 18.8 Å². The first-order chi connectivity index (χ1) is 9.15. The molecule has 94 valence electrons. The molecule has 1 aromatic carbocycles. The standard InChI is InChI=1S/C15H11ClN2O/c1-11-9-14(16)17-10-13(11)18-15(19)8-7-12-5-3-2-4-6-12/h2-6,9-10H,1H3,(H,18,19). The van der Waals surface area contributed by atoms with Crippen LogP contribution in [-0.4, -0.2) is 10.9 Å². The molecule has 1 amide bonds. The Kier molecular flexibility index (Phi) is 4.17. The number of aryl methyl sites for hydroxylation is 1. The van der Waals surface area contributed by atoms with E-state index in [1.165, 1.54) is 6.20 Å². The zero-order chi connectivity index (χ0) is 13.7. The van der Waals surface area contributed by atoms with Crippen molar-refractivity contribution < 1.29 is 4.79 Å². The molecule has 19 heavy (non-hydrogen) atoms. The highest BCUT2D eigenvalue weighted by Gasteiger charge is 2.03. The Balaban J connectivity index is 2.08. The summed E-state index contributed by atoms with van der Waals surface area (Å²) in [6, 6.07) is 11.0. The third-order valence-corrected chi connectivity index (χ3v) is 2.63. The van der Waals surface area contributed by atoms with Gasteiger partial charge in [0, 0.05) is 11.5 Å². The van der Waals surface area contributed by atoms with E-state index in [0.29, 0.717) is 10.8 Å². The number of anilines is 1. The molecule has 0 spiro atoms. The maximum absolute atomic E-state index is 11.7.